The Balaban J connectivity index is 1.11. The number of carboxylic acids is 1. The van der Waals surface area contributed by atoms with Crippen molar-refractivity contribution in [3.8, 4) is 0 Å². The summed E-state index contributed by atoms with van der Waals surface area (Å²) in [5.41, 5.74) is 8.30. The molecule has 6 aromatic carbocycles. The second-order valence-electron chi connectivity index (χ2n) is 18.4. The van der Waals surface area contributed by atoms with Gasteiger partial charge in [0.1, 0.15) is 24.7 Å². The zero-order chi connectivity index (χ0) is 53.8. The second kappa shape index (κ2) is 28.0. The molecule has 0 bridgehead atoms. The van der Waals surface area contributed by atoms with Crippen LogP contribution in [0.3, 0.4) is 0 Å². The first kappa shape index (κ1) is 56.4. The number of aliphatic carboxylic acids is 1. The van der Waals surface area contributed by atoms with Crippen LogP contribution in [0.1, 0.15) is 65.8 Å². The zero-order valence-electron chi connectivity index (χ0n) is 42.4. The van der Waals surface area contributed by atoms with Crippen molar-refractivity contribution in [1.29, 1.82) is 0 Å². The predicted molar refractivity (Wildman–Crippen MR) is 305 cm³/mol. The van der Waals surface area contributed by atoms with Gasteiger partial charge in [0.2, 0.25) is 23.6 Å². The van der Waals surface area contributed by atoms with Gasteiger partial charge in [-0.15, -0.1) is 34.9 Å². The van der Waals surface area contributed by atoms with Gasteiger partial charge in [-0.1, -0.05) is 208 Å². The summed E-state index contributed by atoms with van der Waals surface area (Å²) in [5, 5.41) is 33.2. The molecule has 6 N–H and O–H groups in total. The smallest absolute Gasteiger partial charge is 0.322 e. The number of carbonyl (C=O) groups is 5. The van der Waals surface area contributed by atoms with Crippen LogP contribution in [0, 0.1) is 5.92 Å². The van der Waals surface area contributed by atoms with Gasteiger partial charge in [0, 0.05) is 17.6 Å². The van der Waals surface area contributed by atoms with Crippen LogP contribution in [0.2, 0.25) is 0 Å². The number of aliphatic hydroxyl groups excluding tert-OH is 1. The highest BCUT2D eigenvalue weighted by molar-refractivity contribution is 8.00. The van der Waals surface area contributed by atoms with Crippen LogP contribution in [0.5, 0.6) is 0 Å². The Labute approximate surface area is 457 Å². The van der Waals surface area contributed by atoms with Crippen LogP contribution in [-0.4, -0.2) is 87.1 Å². The summed E-state index contributed by atoms with van der Waals surface area (Å²) in [6, 6.07) is 57.0. The first-order valence-corrected chi connectivity index (χ1v) is 28.0. The molecule has 15 heteroatoms. The van der Waals surface area contributed by atoms with E-state index in [1.807, 2.05) is 152 Å². The largest absolute Gasteiger partial charge is 0.480 e. The molecule has 392 valence electrons. The second-order valence-corrected chi connectivity index (χ2v) is 21.7. The number of thiazole rings is 1. The number of nitrogens with zero attached hydrogens (tertiary/aromatic N) is 1. The third kappa shape index (κ3) is 14.8. The minimum atomic E-state index is -1.30. The molecule has 1 aromatic heterocycles. The number of hydrogen-bond donors (Lipinski definition) is 6. The monoisotopic (exact) mass is 1070 g/mol. The number of rotatable bonds is 27. The molecule has 0 aliphatic rings. The maximum atomic E-state index is 14.7. The van der Waals surface area contributed by atoms with Crippen molar-refractivity contribution >= 4 is 64.5 Å². The van der Waals surface area contributed by atoms with E-state index in [0.717, 1.165) is 33.4 Å². The lowest BCUT2D eigenvalue weighted by Gasteiger charge is -2.37. The fourth-order valence-corrected chi connectivity index (χ4v) is 12.7. The fraction of sp³-hybridized carbons (Fsp3) is 0.246. The van der Waals surface area contributed by atoms with E-state index in [9.17, 15) is 34.2 Å². The number of aliphatic hydroxyl groups is 1. The van der Waals surface area contributed by atoms with Gasteiger partial charge in [0.15, 0.2) is 0 Å². The van der Waals surface area contributed by atoms with E-state index >= 15 is 0 Å². The van der Waals surface area contributed by atoms with Crippen molar-refractivity contribution in [2.75, 3.05) is 18.1 Å². The molecular formula is C61H63N5O7S3. The van der Waals surface area contributed by atoms with Crippen molar-refractivity contribution in [3.63, 3.8) is 0 Å². The molecule has 0 spiro atoms. The quantitative estimate of drug-likeness (QED) is 0.0165. The van der Waals surface area contributed by atoms with Gasteiger partial charge in [0.25, 0.3) is 0 Å². The van der Waals surface area contributed by atoms with Crippen molar-refractivity contribution in [2.24, 2.45) is 5.92 Å². The highest BCUT2D eigenvalue weighted by Gasteiger charge is 2.40. The molecule has 0 saturated carbocycles. The third-order valence-electron chi connectivity index (χ3n) is 12.7. The van der Waals surface area contributed by atoms with E-state index < -0.39 is 75.8 Å². The number of hydrogen-bond acceptors (Lipinski definition) is 10. The lowest BCUT2D eigenvalue weighted by atomic mass is 9.84. The van der Waals surface area contributed by atoms with Gasteiger partial charge in [0.05, 0.1) is 33.2 Å². The number of carbonyl (C=O) groups excluding carboxylic acids is 4. The van der Waals surface area contributed by atoms with E-state index in [2.05, 4.69) is 62.6 Å². The first-order chi connectivity index (χ1) is 36.9. The molecule has 4 unspecified atom stereocenters. The first-order valence-electron chi connectivity index (χ1n) is 25.1. The van der Waals surface area contributed by atoms with Crippen LogP contribution in [0.4, 0.5) is 0 Å². The van der Waals surface area contributed by atoms with Gasteiger partial charge in [-0.3, -0.25) is 24.0 Å². The molecule has 0 radical (unpaired) electrons. The normalized spacial score (nSPS) is 13.3. The van der Waals surface area contributed by atoms with Crippen molar-refractivity contribution < 1.29 is 34.2 Å². The van der Waals surface area contributed by atoms with Crippen LogP contribution in [0.15, 0.2) is 205 Å². The summed E-state index contributed by atoms with van der Waals surface area (Å²) in [5.74, 6) is -3.74. The van der Waals surface area contributed by atoms with Crippen molar-refractivity contribution in [3.05, 3.63) is 244 Å². The molecule has 7 rings (SSSR count). The summed E-state index contributed by atoms with van der Waals surface area (Å²) < 4.78 is -1.42. The Morgan fingerprint density at radius 2 is 1.03 bits per heavy atom. The molecule has 76 heavy (non-hydrogen) atoms. The summed E-state index contributed by atoms with van der Waals surface area (Å²) in [4.78, 5) is 72.5. The summed E-state index contributed by atoms with van der Waals surface area (Å²) >= 11 is 4.54. The number of thioether (sulfide) groups is 2. The average Bonchev–Trinajstić information content (AvgIpc) is 4.00. The lowest BCUT2D eigenvalue weighted by Crippen LogP contribution is -2.59. The predicted octanol–water partition coefficient (Wildman–Crippen LogP) is 9.14. The Morgan fingerprint density at radius 3 is 1.43 bits per heavy atom. The Morgan fingerprint density at radius 1 is 0.592 bits per heavy atom. The van der Waals surface area contributed by atoms with Crippen LogP contribution in [0.25, 0.3) is 0 Å². The van der Waals surface area contributed by atoms with E-state index in [4.69, 9.17) is 0 Å². The molecule has 0 saturated heterocycles. The van der Waals surface area contributed by atoms with Crippen molar-refractivity contribution in [1.82, 2.24) is 26.3 Å². The van der Waals surface area contributed by atoms with Gasteiger partial charge >= 0.3 is 5.97 Å². The molecule has 0 fully saturated rings. The summed E-state index contributed by atoms with van der Waals surface area (Å²) in [6.45, 7) is 2.78. The molecular weight excluding hydrogens is 1010 g/mol. The van der Waals surface area contributed by atoms with E-state index in [0.29, 0.717) is 17.9 Å². The summed E-state index contributed by atoms with van der Waals surface area (Å²) in [7, 11) is 0. The van der Waals surface area contributed by atoms with Crippen LogP contribution < -0.4 is 21.3 Å². The molecule has 4 amide bonds. The molecule has 0 aliphatic carbocycles. The SMILES string of the molecule is CC(C)C(NC(=O)C(CSC(c1ccccc1)(c1ccccc1)c1ccccc1)NC(=O)C(Cc1cscn1)NC(=O)CC(O)C=CCCSC(c1ccccc1)(c1ccccc1)c1ccccc1)C(=O)NCC(=O)O. The summed E-state index contributed by atoms with van der Waals surface area (Å²) in [6.07, 6.45) is 2.51. The number of benzene rings is 6. The number of allylic oxidation sites excluding steroid dienone is 1. The number of aromatic nitrogens is 1. The van der Waals surface area contributed by atoms with Crippen LogP contribution in [-0.2, 0) is 39.9 Å². The number of nitrogens with one attached hydrogen (secondary N) is 4. The molecule has 1 heterocycles. The standard InChI is InChI=1S/C61H63N5O7S3/c1-43(2)56(59(73)62-39-55(69)70)66-58(72)53(41-76-61(47-29-15-6-16-30-47,48-31-17-7-18-32-48)49-33-19-8-20-34-49)65-57(71)52(37-50-40-74-42-63-50)64-54(68)38-51(67)35-21-22-36-75-60(44-23-9-3-10-24-44,45-25-11-4-12-26-45)46-27-13-5-14-28-46/h3-21,23-35,40,42-43,51-53,56,67H,22,36-39,41H2,1-2H3,(H,62,73)(H,64,68)(H,65,71)(H,66,72)(H,69,70). The number of carboxylic acid groups (broad SMARTS) is 1. The average molecular weight is 1070 g/mol. The highest BCUT2D eigenvalue weighted by atomic mass is 32.2. The van der Waals surface area contributed by atoms with E-state index in [1.54, 1.807) is 42.6 Å². The number of amides is 4. The van der Waals surface area contributed by atoms with Gasteiger partial charge in [-0.25, -0.2) is 4.98 Å². The maximum absolute atomic E-state index is 14.7. The fourth-order valence-electron chi connectivity index (χ4n) is 9.06. The maximum Gasteiger partial charge on any atom is 0.322 e. The minimum absolute atomic E-state index is 0.0219. The zero-order valence-corrected chi connectivity index (χ0v) is 44.8. The van der Waals surface area contributed by atoms with E-state index in [1.165, 1.54) is 23.1 Å². The van der Waals surface area contributed by atoms with Gasteiger partial charge < -0.3 is 31.5 Å². The third-order valence-corrected chi connectivity index (χ3v) is 16.6. The van der Waals surface area contributed by atoms with E-state index in [-0.39, 0.29) is 18.6 Å². The van der Waals surface area contributed by atoms with Gasteiger partial charge in [-0.05, 0) is 51.5 Å². The Kier molecular flexibility index (Phi) is 20.8. The topological polar surface area (TPSA) is 187 Å². The Hall–Kier alpha value is -7.30. The molecule has 0 aliphatic heterocycles. The molecule has 4 atom stereocenters. The van der Waals surface area contributed by atoms with Gasteiger partial charge in [-0.2, -0.15) is 0 Å². The van der Waals surface area contributed by atoms with Crippen LogP contribution >= 0.6 is 34.9 Å². The highest BCUT2D eigenvalue weighted by Crippen LogP contribution is 2.50. The molecule has 12 nitrogen and oxygen atoms in total. The molecule has 7 aromatic rings. The Bertz CT molecular complexity index is 2760. The lowest BCUT2D eigenvalue weighted by molar-refractivity contribution is -0.138. The minimum Gasteiger partial charge on any atom is -0.480 e. The van der Waals surface area contributed by atoms with Crippen molar-refractivity contribution in [2.45, 2.75) is 66.8 Å².